The molecule has 0 spiro atoms. The van der Waals surface area contributed by atoms with Crippen LogP contribution < -0.4 is 9.80 Å². The van der Waals surface area contributed by atoms with Crippen LogP contribution in [0.25, 0.3) is 0 Å². The zero-order valence-corrected chi connectivity index (χ0v) is 12.8. The molecule has 3 nitrogen and oxygen atoms in total. The highest BCUT2D eigenvalue weighted by Crippen LogP contribution is 2.27. The lowest BCUT2D eigenvalue weighted by Crippen LogP contribution is -2.31. The summed E-state index contributed by atoms with van der Waals surface area (Å²) in [6.45, 7) is 7.64. The zero-order chi connectivity index (χ0) is 15.0. The molecular weight excluding hydrogens is 260 g/mol. The molecule has 2 amide bonds. The number of carbonyl (C=O) groups excluding carboxylic acids is 1. The zero-order valence-electron chi connectivity index (χ0n) is 12.8. The maximum atomic E-state index is 12.7. The van der Waals surface area contributed by atoms with Crippen LogP contribution in [-0.2, 0) is 0 Å². The van der Waals surface area contributed by atoms with Crippen LogP contribution >= 0.6 is 0 Å². The van der Waals surface area contributed by atoms with Crippen molar-refractivity contribution in [3.8, 4) is 0 Å². The summed E-state index contributed by atoms with van der Waals surface area (Å²) in [6, 6.07) is 14.4. The summed E-state index contributed by atoms with van der Waals surface area (Å²) < 4.78 is 0. The van der Waals surface area contributed by atoms with Crippen molar-refractivity contribution in [3.63, 3.8) is 0 Å². The van der Waals surface area contributed by atoms with Gasteiger partial charge in [-0.05, 0) is 61.7 Å². The van der Waals surface area contributed by atoms with Crippen LogP contribution in [0.3, 0.4) is 0 Å². The van der Waals surface area contributed by atoms with E-state index in [-0.39, 0.29) is 6.03 Å². The monoisotopic (exact) mass is 280 g/mol. The van der Waals surface area contributed by atoms with Crippen LogP contribution in [0, 0.1) is 20.8 Å². The maximum absolute atomic E-state index is 12.7. The fraction of sp³-hybridized carbons (Fsp3) is 0.278. The first-order valence-corrected chi connectivity index (χ1v) is 7.28. The minimum Gasteiger partial charge on any atom is -0.292 e. The van der Waals surface area contributed by atoms with E-state index in [0.29, 0.717) is 0 Å². The molecule has 3 heteroatoms. The number of anilines is 2. The first kappa shape index (κ1) is 13.7. The highest BCUT2D eigenvalue weighted by Gasteiger charge is 2.30. The van der Waals surface area contributed by atoms with Crippen molar-refractivity contribution in [2.45, 2.75) is 20.8 Å². The molecule has 1 aliphatic heterocycles. The number of carbonyl (C=O) groups is 1. The van der Waals surface area contributed by atoms with Gasteiger partial charge in [-0.15, -0.1) is 0 Å². The van der Waals surface area contributed by atoms with E-state index in [9.17, 15) is 4.79 Å². The van der Waals surface area contributed by atoms with Crippen molar-refractivity contribution in [2.24, 2.45) is 0 Å². The molecule has 0 N–H and O–H groups in total. The Balaban J connectivity index is 1.90. The predicted molar refractivity (Wildman–Crippen MR) is 87.2 cm³/mol. The molecular formula is C18H20N2O. The lowest BCUT2D eigenvalue weighted by Gasteiger charge is -2.20. The number of nitrogens with zero attached hydrogens (tertiary/aromatic N) is 2. The first-order valence-electron chi connectivity index (χ1n) is 7.28. The van der Waals surface area contributed by atoms with Gasteiger partial charge in [-0.25, -0.2) is 4.79 Å². The van der Waals surface area contributed by atoms with Gasteiger partial charge in [-0.1, -0.05) is 18.2 Å². The third-order valence-corrected chi connectivity index (χ3v) is 3.84. The molecule has 0 saturated carbocycles. The number of hydrogen-bond donors (Lipinski definition) is 0. The predicted octanol–water partition coefficient (Wildman–Crippen LogP) is 4.06. The lowest BCUT2D eigenvalue weighted by atomic mass is 10.1. The minimum atomic E-state index is 0.0607. The van der Waals surface area contributed by atoms with Gasteiger partial charge in [-0.2, -0.15) is 0 Å². The molecule has 0 atom stereocenters. The normalized spacial score (nSPS) is 14.9. The summed E-state index contributed by atoms with van der Waals surface area (Å²) in [7, 11) is 0. The molecule has 21 heavy (non-hydrogen) atoms. The molecule has 0 aromatic heterocycles. The second-order valence-corrected chi connectivity index (χ2v) is 5.77. The van der Waals surface area contributed by atoms with E-state index in [1.165, 1.54) is 16.7 Å². The number of hydrogen-bond acceptors (Lipinski definition) is 1. The quantitative estimate of drug-likeness (QED) is 0.813. The summed E-state index contributed by atoms with van der Waals surface area (Å²) >= 11 is 0. The van der Waals surface area contributed by atoms with Gasteiger partial charge < -0.3 is 0 Å². The summed E-state index contributed by atoms with van der Waals surface area (Å²) in [5, 5.41) is 0. The van der Waals surface area contributed by atoms with Crippen LogP contribution in [-0.4, -0.2) is 19.1 Å². The van der Waals surface area contributed by atoms with E-state index in [1.807, 2.05) is 34.9 Å². The largest absolute Gasteiger partial charge is 0.329 e. The number of rotatable bonds is 2. The first-order chi connectivity index (χ1) is 10.0. The van der Waals surface area contributed by atoms with Gasteiger partial charge in [0.1, 0.15) is 0 Å². The van der Waals surface area contributed by atoms with Gasteiger partial charge in [0.15, 0.2) is 0 Å². The number of urea groups is 1. The topological polar surface area (TPSA) is 23.6 Å². The second-order valence-electron chi connectivity index (χ2n) is 5.77. The van der Waals surface area contributed by atoms with E-state index < -0.39 is 0 Å². The molecule has 1 fully saturated rings. The smallest absolute Gasteiger partial charge is 0.292 e. The molecule has 2 aromatic carbocycles. The van der Waals surface area contributed by atoms with E-state index >= 15 is 0 Å². The number of benzene rings is 2. The molecule has 0 bridgehead atoms. The van der Waals surface area contributed by atoms with Crippen LogP contribution in [0.1, 0.15) is 16.7 Å². The summed E-state index contributed by atoms with van der Waals surface area (Å²) in [6.07, 6.45) is 0. The van der Waals surface area contributed by atoms with Gasteiger partial charge in [-0.3, -0.25) is 9.80 Å². The van der Waals surface area contributed by atoms with Crippen molar-refractivity contribution < 1.29 is 4.79 Å². The highest BCUT2D eigenvalue weighted by atomic mass is 16.2. The maximum Gasteiger partial charge on any atom is 0.329 e. The van der Waals surface area contributed by atoms with Crippen molar-refractivity contribution in [1.82, 2.24) is 0 Å². The van der Waals surface area contributed by atoms with Crippen LogP contribution in [0.4, 0.5) is 16.2 Å². The Morgan fingerprint density at radius 1 is 0.762 bits per heavy atom. The molecule has 1 aliphatic rings. The van der Waals surface area contributed by atoms with Gasteiger partial charge in [0, 0.05) is 24.5 Å². The van der Waals surface area contributed by atoms with Crippen molar-refractivity contribution in [2.75, 3.05) is 22.9 Å². The Bertz CT molecular complexity index is 673. The number of aryl methyl sites for hydroxylation is 3. The fourth-order valence-electron chi connectivity index (χ4n) is 2.92. The SMILES string of the molecule is Cc1cccc(N2CCN(c3cc(C)cc(C)c3)C2=O)c1. The molecule has 1 saturated heterocycles. The second kappa shape index (κ2) is 5.24. The molecule has 1 heterocycles. The lowest BCUT2D eigenvalue weighted by molar-refractivity contribution is 0.256. The minimum absolute atomic E-state index is 0.0607. The van der Waals surface area contributed by atoms with E-state index in [1.54, 1.807) is 0 Å². The number of amides is 2. The summed E-state index contributed by atoms with van der Waals surface area (Å²) in [4.78, 5) is 16.4. The van der Waals surface area contributed by atoms with Crippen molar-refractivity contribution >= 4 is 17.4 Å². The summed E-state index contributed by atoms with van der Waals surface area (Å²) in [5.74, 6) is 0. The van der Waals surface area contributed by atoms with Gasteiger partial charge in [0.2, 0.25) is 0 Å². The Kier molecular flexibility index (Phi) is 3.42. The molecule has 0 aliphatic carbocycles. The van der Waals surface area contributed by atoms with Crippen LogP contribution in [0.2, 0.25) is 0 Å². The Hall–Kier alpha value is -2.29. The molecule has 0 radical (unpaired) electrons. The third kappa shape index (κ3) is 2.64. The van der Waals surface area contributed by atoms with E-state index in [0.717, 1.165) is 24.5 Å². The van der Waals surface area contributed by atoms with Crippen LogP contribution in [0.15, 0.2) is 42.5 Å². The molecule has 108 valence electrons. The standard InChI is InChI=1S/C18H20N2O/c1-13-5-4-6-16(10-13)19-7-8-20(18(19)21)17-11-14(2)9-15(3)12-17/h4-6,9-12H,7-8H2,1-3H3. The van der Waals surface area contributed by atoms with Gasteiger partial charge in [0.25, 0.3) is 0 Å². The highest BCUT2D eigenvalue weighted by molar-refractivity contribution is 6.06. The van der Waals surface area contributed by atoms with Gasteiger partial charge in [0.05, 0.1) is 0 Å². The van der Waals surface area contributed by atoms with E-state index in [2.05, 4.69) is 38.1 Å². The average molecular weight is 280 g/mol. The summed E-state index contributed by atoms with van der Waals surface area (Å²) in [5.41, 5.74) is 5.52. The Morgan fingerprint density at radius 3 is 1.95 bits per heavy atom. The molecule has 2 aromatic rings. The molecule has 0 unspecified atom stereocenters. The third-order valence-electron chi connectivity index (χ3n) is 3.84. The van der Waals surface area contributed by atoms with E-state index in [4.69, 9.17) is 0 Å². The van der Waals surface area contributed by atoms with Crippen LogP contribution in [0.5, 0.6) is 0 Å². The molecule has 3 rings (SSSR count). The Morgan fingerprint density at radius 2 is 1.33 bits per heavy atom. The Labute approximate surface area is 125 Å². The van der Waals surface area contributed by atoms with Crippen molar-refractivity contribution in [3.05, 3.63) is 59.2 Å². The fourth-order valence-corrected chi connectivity index (χ4v) is 2.92. The average Bonchev–Trinajstić information content (AvgIpc) is 2.79. The van der Waals surface area contributed by atoms with Gasteiger partial charge >= 0.3 is 6.03 Å². The van der Waals surface area contributed by atoms with Crippen molar-refractivity contribution in [1.29, 1.82) is 0 Å².